The molecule has 0 saturated carbocycles. The van der Waals surface area contributed by atoms with Crippen molar-refractivity contribution >= 4 is 48.2 Å². The Kier molecular flexibility index (Phi) is 4.83. The van der Waals surface area contributed by atoms with Gasteiger partial charge in [0.2, 0.25) is 0 Å². The van der Waals surface area contributed by atoms with E-state index < -0.39 is 10.0 Å². The van der Waals surface area contributed by atoms with Crippen LogP contribution in [-0.2, 0) is 10.0 Å². The molecule has 0 amide bonds. The molecular weight excluding hydrogens is 436 g/mol. The van der Waals surface area contributed by atoms with Gasteiger partial charge in [-0.25, -0.2) is 18.4 Å². The van der Waals surface area contributed by atoms with E-state index >= 15 is 0 Å². The lowest BCUT2D eigenvalue weighted by Crippen LogP contribution is -2.46. The van der Waals surface area contributed by atoms with Gasteiger partial charge in [-0.05, 0) is 37.4 Å². The Morgan fingerprint density at radius 2 is 1.85 bits per heavy atom. The first-order valence-corrected chi connectivity index (χ1v) is 11.2. The number of hydrogen-bond donors (Lipinski definition) is 0. The van der Waals surface area contributed by atoms with Crippen LogP contribution in [0.4, 0.5) is 0 Å². The molecular formula is C17H17BrN4O2S2. The van der Waals surface area contributed by atoms with Crippen molar-refractivity contribution in [3.05, 3.63) is 41.1 Å². The number of thiophene rings is 1. The van der Waals surface area contributed by atoms with E-state index in [1.54, 1.807) is 10.4 Å². The quantitative estimate of drug-likeness (QED) is 0.610. The molecule has 2 aromatic heterocycles. The minimum absolute atomic E-state index is 0.360. The van der Waals surface area contributed by atoms with Gasteiger partial charge in [-0.2, -0.15) is 4.31 Å². The number of nitrogens with zero attached hydrogens (tertiary/aromatic N) is 4. The average molecular weight is 453 g/mol. The van der Waals surface area contributed by atoms with Crippen LogP contribution < -0.4 is 0 Å². The normalized spacial score (nSPS) is 17.0. The highest BCUT2D eigenvalue weighted by Crippen LogP contribution is 2.35. The van der Waals surface area contributed by atoms with Crippen molar-refractivity contribution in [3.63, 3.8) is 0 Å². The summed E-state index contributed by atoms with van der Waals surface area (Å²) in [5, 5.41) is 0.896. The Morgan fingerprint density at radius 1 is 1.08 bits per heavy atom. The van der Waals surface area contributed by atoms with Gasteiger partial charge < -0.3 is 4.90 Å². The first-order chi connectivity index (χ1) is 12.4. The summed E-state index contributed by atoms with van der Waals surface area (Å²) in [6.45, 7) is 2.55. The van der Waals surface area contributed by atoms with Gasteiger partial charge in [-0.15, -0.1) is 11.3 Å². The van der Waals surface area contributed by atoms with Crippen LogP contribution in [0.1, 0.15) is 0 Å². The molecule has 1 saturated heterocycles. The van der Waals surface area contributed by atoms with Crippen LogP contribution in [0.25, 0.3) is 21.5 Å². The first kappa shape index (κ1) is 18.0. The number of rotatable bonds is 3. The predicted octanol–water partition coefficient (Wildman–Crippen LogP) is 3.06. The molecule has 1 aliphatic heterocycles. The highest BCUT2D eigenvalue weighted by Gasteiger charge is 2.29. The Morgan fingerprint density at radius 3 is 2.62 bits per heavy atom. The van der Waals surface area contributed by atoms with Crippen LogP contribution >= 0.6 is 27.3 Å². The molecule has 26 heavy (non-hydrogen) atoms. The van der Waals surface area contributed by atoms with Crippen LogP contribution in [0.2, 0.25) is 0 Å². The van der Waals surface area contributed by atoms with E-state index in [1.807, 2.05) is 31.3 Å². The van der Waals surface area contributed by atoms with E-state index in [0.29, 0.717) is 17.3 Å². The molecule has 6 nitrogen and oxygen atoms in total. The van der Waals surface area contributed by atoms with Gasteiger partial charge in [-0.1, -0.05) is 15.9 Å². The molecule has 0 bridgehead atoms. The maximum Gasteiger partial charge on any atom is 0.252 e. The zero-order valence-electron chi connectivity index (χ0n) is 14.1. The van der Waals surface area contributed by atoms with E-state index in [1.165, 1.54) is 17.7 Å². The number of fused-ring (bicyclic) bond motifs is 1. The maximum atomic E-state index is 12.9. The molecule has 0 unspecified atom stereocenters. The SMILES string of the molecule is CN1CCN(S(=O)(=O)c2ccc(-c3ncnc4ccc(Br)cc34)s2)CC1. The molecule has 0 radical (unpaired) electrons. The number of halogens is 1. The maximum absolute atomic E-state index is 12.9. The van der Waals surface area contributed by atoms with Gasteiger partial charge in [0.1, 0.15) is 10.5 Å². The van der Waals surface area contributed by atoms with E-state index in [0.717, 1.165) is 39.0 Å². The Balaban J connectivity index is 1.72. The third-order valence-corrected chi connectivity index (χ3v) is 8.42. The monoisotopic (exact) mass is 452 g/mol. The third kappa shape index (κ3) is 3.29. The fourth-order valence-electron chi connectivity index (χ4n) is 2.97. The van der Waals surface area contributed by atoms with Crippen LogP contribution in [0.15, 0.2) is 45.3 Å². The minimum atomic E-state index is -3.46. The fraction of sp³-hybridized carbons (Fsp3) is 0.294. The van der Waals surface area contributed by atoms with E-state index in [9.17, 15) is 8.42 Å². The van der Waals surface area contributed by atoms with Crippen LogP contribution in [0, 0.1) is 0 Å². The van der Waals surface area contributed by atoms with Gasteiger partial charge in [0.15, 0.2) is 0 Å². The molecule has 1 fully saturated rings. The zero-order valence-corrected chi connectivity index (χ0v) is 17.3. The minimum Gasteiger partial charge on any atom is -0.304 e. The number of likely N-dealkylation sites (N-methyl/N-ethyl adjacent to an activating group) is 1. The molecule has 0 N–H and O–H groups in total. The Bertz CT molecular complexity index is 1060. The summed E-state index contributed by atoms with van der Waals surface area (Å²) in [6.07, 6.45) is 1.51. The number of sulfonamides is 1. The second kappa shape index (κ2) is 6.97. The summed E-state index contributed by atoms with van der Waals surface area (Å²) < 4.78 is 28.7. The smallest absolute Gasteiger partial charge is 0.252 e. The van der Waals surface area contributed by atoms with Crippen molar-refractivity contribution in [1.29, 1.82) is 0 Å². The summed E-state index contributed by atoms with van der Waals surface area (Å²) in [6, 6.07) is 9.31. The van der Waals surface area contributed by atoms with Crippen molar-refractivity contribution < 1.29 is 8.42 Å². The van der Waals surface area contributed by atoms with Gasteiger partial charge in [0.05, 0.1) is 16.1 Å². The molecule has 3 heterocycles. The molecule has 136 valence electrons. The number of benzene rings is 1. The Hall–Kier alpha value is -1.39. The van der Waals surface area contributed by atoms with E-state index in [2.05, 4.69) is 30.8 Å². The number of hydrogen-bond acceptors (Lipinski definition) is 6. The van der Waals surface area contributed by atoms with Crippen molar-refractivity contribution in [2.24, 2.45) is 0 Å². The molecule has 9 heteroatoms. The topological polar surface area (TPSA) is 66.4 Å². The molecule has 3 aromatic rings. The van der Waals surface area contributed by atoms with Gasteiger partial charge in [0, 0.05) is 36.0 Å². The molecule has 1 aromatic carbocycles. The molecule has 0 aliphatic carbocycles. The second-order valence-electron chi connectivity index (χ2n) is 6.21. The van der Waals surface area contributed by atoms with Crippen molar-refractivity contribution in [1.82, 2.24) is 19.2 Å². The van der Waals surface area contributed by atoms with Crippen LogP contribution in [-0.4, -0.2) is 60.8 Å². The van der Waals surface area contributed by atoms with E-state index in [-0.39, 0.29) is 0 Å². The van der Waals surface area contributed by atoms with Gasteiger partial charge >= 0.3 is 0 Å². The summed E-state index contributed by atoms with van der Waals surface area (Å²) in [4.78, 5) is 11.6. The van der Waals surface area contributed by atoms with E-state index in [4.69, 9.17) is 0 Å². The largest absolute Gasteiger partial charge is 0.304 e. The van der Waals surface area contributed by atoms with Gasteiger partial charge in [-0.3, -0.25) is 0 Å². The highest BCUT2D eigenvalue weighted by molar-refractivity contribution is 9.10. The summed E-state index contributed by atoms with van der Waals surface area (Å²) in [7, 11) is -1.46. The first-order valence-electron chi connectivity index (χ1n) is 8.14. The zero-order chi connectivity index (χ0) is 18.3. The molecule has 0 spiro atoms. The van der Waals surface area contributed by atoms with Crippen molar-refractivity contribution in [2.45, 2.75) is 4.21 Å². The molecule has 1 aliphatic rings. The Labute approximate surface area is 164 Å². The highest BCUT2D eigenvalue weighted by atomic mass is 79.9. The lowest BCUT2D eigenvalue weighted by Gasteiger charge is -2.31. The fourth-order valence-corrected chi connectivity index (χ4v) is 6.22. The van der Waals surface area contributed by atoms with Crippen LogP contribution in [0.3, 0.4) is 0 Å². The standard InChI is InChI=1S/C17H17BrN4O2S2/c1-21-6-8-22(9-7-21)26(23,24)16-5-4-15(25-16)17-13-10-12(18)2-3-14(13)19-11-20-17/h2-5,10-11H,6-9H2,1H3. The van der Waals surface area contributed by atoms with Gasteiger partial charge in [0.25, 0.3) is 10.0 Å². The van der Waals surface area contributed by atoms with Crippen molar-refractivity contribution in [2.75, 3.05) is 33.2 Å². The summed E-state index contributed by atoms with van der Waals surface area (Å²) >= 11 is 4.73. The number of piperazine rings is 1. The van der Waals surface area contributed by atoms with Crippen LogP contribution in [0.5, 0.6) is 0 Å². The second-order valence-corrected chi connectivity index (χ2v) is 10.4. The molecule has 0 atom stereocenters. The van der Waals surface area contributed by atoms with Crippen molar-refractivity contribution in [3.8, 4) is 10.6 Å². The third-order valence-electron chi connectivity index (χ3n) is 4.47. The lowest BCUT2D eigenvalue weighted by molar-refractivity contribution is 0.222. The molecule has 4 rings (SSSR count). The number of aromatic nitrogens is 2. The predicted molar refractivity (Wildman–Crippen MR) is 107 cm³/mol. The average Bonchev–Trinajstić information content (AvgIpc) is 3.12. The lowest BCUT2D eigenvalue weighted by atomic mass is 10.1. The summed E-state index contributed by atoms with van der Waals surface area (Å²) in [5.74, 6) is 0. The summed E-state index contributed by atoms with van der Waals surface area (Å²) in [5.41, 5.74) is 1.58.